The van der Waals surface area contributed by atoms with Crippen LogP contribution in [0.15, 0.2) is 41.5 Å². The van der Waals surface area contributed by atoms with Gasteiger partial charge in [-0.15, -0.1) is 0 Å². The number of aliphatic hydroxyl groups excluding tert-OH is 1. The molecule has 3 aliphatic rings. The molecule has 0 spiro atoms. The minimum Gasteiger partial charge on any atom is -0.455 e. The summed E-state index contributed by atoms with van der Waals surface area (Å²) in [7, 11) is -4.40. The molecule has 1 aliphatic heterocycles. The van der Waals surface area contributed by atoms with Crippen molar-refractivity contribution in [3.05, 3.63) is 47.0 Å². The van der Waals surface area contributed by atoms with E-state index in [-0.39, 0.29) is 31.1 Å². The number of hydrogen-bond acceptors (Lipinski definition) is 11. The second-order valence-corrected chi connectivity index (χ2v) is 26.8. The highest BCUT2D eigenvalue weighted by molar-refractivity contribution is 6.74. The van der Waals surface area contributed by atoms with E-state index >= 15 is 0 Å². The first-order chi connectivity index (χ1) is 26.8. The summed E-state index contributed by atoms with van der Waals surface area (Å²) in [6, 6.07) is 14.0. The molecule has 2 N–H and O–H groups in total. The molecule has 1 aromatic rings. The Morgan fingerprint density at radius 3 is 1.93 bits per heavy atom. The molecular weight excluding hydrogens is 761 g/mol. The summed E-state index contributed by atoms with van der Waals surface area (Å²) >= 11 is 0. The van der Waals surface area contributed by atoms with Gasteiger partial charge in [0.25, 0.3) is 0 Å². The summed E-state index contributed by atoms with van der Waals surface area (Å²) in [6.07, 6.45) is -4.45. The number of benzene rings is 1. The Morgan fingerprint density at radius 2 is 1.46 bits per heavy atom. The average molecular weight is 833 g/mol. The fraction of sp³-hybridized carbons (Fsp3) is 0.750. The van der Waals surface area contributed by atoms with Crippen molar-refractivity contribution in [3.63, 3.8) is 0 Å². The van der Waals surface area contributed by atoms with Gasteiger partial charge in [0.15, 0.2) is 22.2 Å². The molecule has 1 saturated carbocycles. The Kier molecular flexibility index (Phi) is 15.7. The molecule has 13 heteroatoms. The second kappa shape index (κ2) is 18.9. The Hall–Kier alpha value is -2.40. The highest BCUT2D eigenvalue weighted by atomic mass is 28.4. The first-order valence-electron chi connectivity index (χ1n) is 21.5. The van der Waals surface area contributed by atoms with Gasteiger partial charge in [0.05, 0.1) is 24.4 Å². The summed E-state index contributed by atoms with van der Waals surface area (Å²) in [5.74, 6) is -2.85. The molecule has 2 fully saturated rings. The van der Waals surface area contributed by atoms with Crippen LogP contribution in [0.4, 0.5) is 0 Å². The van der Waals surface area contributed by atoms with Crippen molar-refractivity contribution in [3.8, 4) is 0 Å². The third-order valence-corrected chi connectivity index (χ3v) is 23.6. The number of aliphatic hydroxyl groups is 2. The number of rotatable bonds is 18. The van der Waals surface area contributed by atoms with E-state index in [1.807, 2.05) is 20.8 Å². The van der Waals surface area contributed by atoms with E-state index in [4.69, 9.17) is 27.8 Å². The molecule has 0 amide bonds. The van der Waals surface area contributed by atoms with Crippen LogP contribution in [0.3, 0.4) is 0 Å². The molecule has 0 radical (unpaired) electrons. The molecule has 1 aromatic carbocycles. The first-order valence-corrected chi connectivity index (χ1v) is 26.6. The van der Waals surface area contributed by atoms with Crippen LogP contribution >= 0.6 is 0 Å². The minimum atomic E-state index is -2.34. The monoisotopic (exact) mass is 832 g/mol. The number of esters is 3. The van der Waals surface area contributed by atoms with Crippen molar-refractivity contribution in [2.24, 2.45) is 11.3 Å². The zero-order chi connectivity index (χ0) is 42.6. The molecule has 2 bridgehead atoms. The van der Waals surface area contributed by atoms with Crippen LogP contribution in [-0.4, -0.2) is 99.2 Å². The van der Waals surface area contributed by atoms with Gasteiger partial charge in [-0.2, -0.15) is 0 Å². The first kappa shape index (κ1) is 47.3. The molecular formula is C44H72O11Si2. The van der Waals surface area contributed by atoms with Crippen LogP contribution in [0.5, 0.6) is 0 Å². The van der Waals surface area contributed by atoms with E-state index in [1.165, 1.54) is 13.8 Å². The van der Waals surface area contributed by atoms with Crippen LogP contribution in [-0.2, 0) is 37.4 Å². The molecule has 9 atom stereocenters. The van der Waals surface area contributed by atoms with Gasteiger partial charge < -0.3 is 38.0 Å². The SMILES string of the molecule is CCC(C[C@H]1OC[C@@]1(OC(C)=O)[C@@H]1C[C@@H](O)[C@@H](OC(C)=O)C2=C(C)C(O[Si](CC)(CC)CC)C[C@@](O)([C@H]1OC(=O)c1ccccc1)C2(C)C)O[Si](CC)(CC)CC. The third kappa shape index (κ3) is 9.19. The van der Waals surface area contributed by atoms with E-state index in [0.29, 0.717) is 18.4 Å². The standard InChI is InChI=1S/C44H72O11Si2/c1-13-33(54-56(14-2,15-3)16-4)25-37-43(28-50-37,53-31(10)46)34-26-35(47)39(51-30(9)45)38-29(8)36(55-57(17-5,18-6)19-7)27-44(49,42(38,11)12)40(34)52-41(48)32-23-21-20-22-24-32/h20-24,33-37,39-40,47,49H,13-19,25-28H2,1-12H3/t33?,34-,35-,36?,37-,39-,40+,43-,44-/m1/s1. The quantitative estimate of drug-likeness (QED) is 0.0638. The molecule has 57 heavy (non-hydrogen) atoms. The maximum absolute atomic E-state index is 14.3. The van der Waals surface area contributed by atoms with Gasteiger partial charge in [0.2, 0.25) is 0 Å². The normalized spacial score (nSPS) is 30.7. The lowest BCUT2D eigenvalue weighted by Gasteiger charge is -2.62. The van der Waals surface area contributed by atoms with E-state index in [9.17, 15) is 24.6 Å². The van der Waals surface area contributed by atoms with Gasteiger partial charge in [-0.25, -0.2) is 4.79 Å². The third-order valence-electron chi connectivity index (χ3n) is 14.3. The van der Waals surface area contributed by atoms with Crippen molar-refractivity contribution in [1.82, 2.24) is 0 Å². The van der Waals surface area contributed by atoms with Crippen LogP contribution in [0.25, 0.3) is 0 Å². The number of carbonyl (C=O) groups is 3. The van der Waals surface area contributed by atoms with Gasteiger partial charge in [-0.3, -0.25) is 9.59 Å². The van der Waals surface area contributed by atoms with Gasteiger partial charge in [0.1, 0.15) is 23.9 Å². The number of hydrogen-bond donors (Lipinski definition) is 2. The van der Waals surface area contributed by atoms with E-state index in [2.05, 4.69) is 48.5 Å². The average Bonchev–Trinajstić information content (AvgIpc) is 3.18. The molecule has 2 aliphatic carbocycles. The van der Waals surface area contributed by atoms with E-state index in [1.54, 1.807) is 30.3 Å². The highest BCUT2D eigenvalue weighted by Gasteiger charge is 2.70. The van der Waals surface area contributed by atoms with Crippen LogP contribution in [0.2, 0.25) is 36.3 Å². The summed E-state index contributed by atoms with van der Waals surface area (Å²) in [4.78, 5) is 40.5. The van der Waals surface area contributed by atoms with Crippen LogP contribution in [0, 0.1) is 11.3 Å². The summed E-state index contributed by atoms with van der Waals surface area (Å²) < 4.78 is 39.6. The predicted molar refractivity (Wildman–Crippen MR) is 225 cm³/mol. The van der Waals surface area contributed by atoms with Crippen molar-refractivity contribution in [2.45, 2.75) is 193 Å². The Bertz CT molecular complexity index is 1560. The second-order valence-electron chi connectivity index (χ2n) is 17.3. The Balaban J connectivity index is 2.01. The molecule has 1 saturated heterocycles. The minimum absolute atomic E-state index is 0.0518. The van der Waals surface area contributed by atoms with Crippen molar-refractivity contribution < 1.29 is 52.4 Å². The molecule has 4 rings (SSSR count). The van der Waals surface area contributed by atoms with Gasteiger partial charge in [-0.05, 0) is 79.3 Å². The number of carbonyl (C=O) groups excluding carboxylic acids is 3. The lowest BCUT2D eigenvalue weighted by Crippen LogP contribution is -2.74. The lowest BCUT2D eigenvalue weighted by molar-refractivity contribution is -0.310. The zero-order valence-electron chi connectivity index (χ0n) is 36.8. The topological polar surface area (TPSA) is 147 Å². The molecule has 322 valence electrons. The number of fused-ring (bicyclic) bond motifs is 2. The Morgan fingerprint density at radius 1 is 0.877 bits per heavy atom. The molecule has 1 heterocycles. The maximum Gasteiger partial charge on any atom is 0.338 e. The maximum atomic E-state index is 14.3. The summed E-state index contributed by atoms with van der Waals surface area (Å²) in [6.45, 7) is 23.2. The van der Waals surface area contributed by atoms with Gasteiger partial charge >= 0.3 is 17.9 Å². The predicted octanol–water partition coefficient (Wildman–Crippen LogP) is 8.28. The highest BCUT2D eigenvalue weighted by Crippen LogP contribution is 2.59. The molecule has 0 aromatic heterocycles. The summed E-state index contributed by atoms with van der Waals surface area (Å²) in [5.41, 5.74) is -2.98. The van der Waals surface area contributed by atoms with Crippen molar-refractivity contribution in [1.29, 1.82) is 0 Å². The van der Waals surface area contributed by atoms with Crippen LogP contribution in [0.1, 0.15) is 119 Å². The van der Waals surface area contributed by atoms with Crippen molar-refractivity contribution >= 4 is 34.5 Å². The van der Waals surface area contributed by atoms with Crippen LogP contribution < -0.4 is 0 Å². The van der Waals surface area contributed by atoms with E-state index < -0.39 is 87.6 Å². The van der Waals surface area contributed by atoms with Crippen molar-refractivity contribution in [2.75, 3.05) is 6.61 Å². The van der Waals surface area contributed by atoms with Gasteiger partial charge in [-0.1, -0.05) is 80.5 Å². The Labute approximate surface area is 343 Å². The fourth-order valence-electron chi connectivity index (χ4n) is 10.1. The smallest absolute Gasteiger partial charge is 0.338 e. The molecule has 11 nitrogen and oxygen atoms in total. The summed E-state index contributed by atoms with van der Waals surface area (Å²) in [5, 5.41) is 26.3. The number of ether oxygens (including phenoxy) is 4. The zero-order valence-corrected chi connectivity index (χ0v) is 38.8. The fourth-order valence-corrected chi connectivity index (χ4v) is 16.0. The van der Waals surface area contributed by atoms with E-state index in [0.717, 1.165) is 41.8 Å². The lowest BCUT2D eigenvalue weighted by atomic mass is 9.52. The molecule has 2 unspecified atom stereocenters. The largest absolute Gasteiger partial charge is 0.455 e. The van der Waals surface area contributed by atoms with Gasteiger partial charge in [0, 0.05) is 44.1 Å².